The van der Waals surface area contributed by atoms with Gasteiger partial charge in [-0.3, -0.25) is 29.0 Å². The van der Waals surface area contributed by atoms with Crippen LogP contribution in [0.3, 0.4) is 0 Å². The number of allylic oxidation sites excluding steroid dienone is 4. The number of hydrogen-bond acceptors (Lipinski definition) is 11. The van der Waals surface area contributed by atoms with E-state index in [1.165, 1.54) is 51.2 Å². The van der Waals surface area contributed by atoms with E-state index in [4.69, 9.17) is 9.47 Å². The zero-order valence-electron chi connectivity index (χ0n) is 34.2. The summed E-state index contributed by atoms with van der Waals surface area (Å²) in [5.74, 6) is -4.75. The Balaban J connectivity index is 2.09. The largest absolute Gasteiger partial charge is 0.497 e. The number of rotatable bonds is 10. The van der Waals surface area contributed by atoms with Gasteiger partial charge in [0.05, 0.1) is 25.2 Å². The summed E-state index contributed by atoms with van der Waals surface area (Å²) < 4.78 is 11.4. The van der Waals surface area contributed by atoms with E-state index in [2.05, 4.69) is 28.0 Å². The van der Waals surface area contributed by atoms with Gasteiger partial charge in [-0.15, -0.1) is 0 Å². The number of ether oxygens (including phenoxy) is 2. The smallest absolute Gasteiger partial charge is 0.325 e. The van der Waals surface area contributed by atoms with Crippen LogP contribution in [0.5, 0.6) is 5.75 Å². The second-order valence-corrected chi connectivity index (χ2v) is 14.8. The maximum absolute atomic E-state index is 14.3. The van der Waals surface area contributed by atoms with Gasteiger partial charge >= 0.3 is 5.97 Å². The van der Waals surface area contributed by atoms with E-state index in [-0.39, 0.29) is 49.5 Å². The van der Waals surface area contributed by atoms with Crippen LogP contribution in [0, 0.1) is 11.8 Å². The SMILES string of the molecule is C=C(C)[C@@H]1NC(=O)[C@H](CCC(C)=O)[C@H](O)[C@@H](C)[C@@H](O)/C=C/C=C/C[C@@H](/C(C)=C/C=C/C(=O)NC)OC(=O)C2CCCN(N2)C(=O)[C@H](Cc2cccc(OC)c2)NC1=O. The van der Waals surface area contributed by atoms with Crippen molar-refractivity contribution in [2.45, 2.75) is 103 Å². The van der Waals surface area contributed by atoms with Gasteiger partial charge in [0.25, 0.3) is 5.91 Å². The molecule has 58 heavy (non-hydrogen) atoms. The van der Waals surface area contributed by atoms with Gasteiger partial charge in [0.1, 0.15) is 35.8 Å². The molecule has 0 radical (unpaired) electrons. The molecular formula is C43H59N5O10. The molecule has 2 heterocycles. The standard InChI is InChI=1S/C43H59N5O10/c1-26(2)38-41(54)45-34(25-30-15-12-16-31(24-30)57-7)42(55)48-23-13-17-33(47-48)43(56)58-36(27(3)14-11-20-37(51)44-6)19-10-8-9-18-35(50)29(5)39(52)32(40(53)46-38)22-21-28(4)49/h8-12,14-16,18,20,24,29,32-36,38-39,47,50,52H,1,13,17,19,21-23,25H2,2-7H3,(H,44,51)(H,45,54)(H,46,53)/b10-8+,18-9+,20-11+,27-14+/t29-,32+,33?,34-,35-,36-,38-,39+/m0/s1. The molecule has 8 atom stereocenters. The molecule has 1 fully saturated rings. The van der Waals surface area contributed by atoms with Crippen molar-refractivity contribution >= 4 is 35.4 Å². The van der Waals surface area contributed by atoms with Crippen molar-refractivity contribution in [1.82, 2.24) is 26.4 Å². The lowest BCUT2D eigenvalue weighted by atomic mass is 9.84. The van der Waals surface area contributed by atoms with E-state index in [0.29, 0.717) is 29.7 Å². The minimum Gasteiger partial charge on any atom is -0.497 e. The molecule has 316 valence electrons. The van der Waals surface area contributed by atoms with Gasteiger partial charge < -0.3 is 40.4 Å². The summed E-state index contributed by atoms with van der Waals surface area (Å²) in [4.78, 5) is 79.8. The molecule has 1 saturated heterocycles. The second-order valence-electron chi connectivity index (χ2n) is 14.8. The van der Waals surface area contributed by atoms with E-state index in [1.54, 1.807) is 62.4 Å². The Labute approximate surface area is 340 Å². The number of esters is 1. The summed E-state index contributed by atoms with van der Waals surface area (Å²) in [5, 5.41) is 31.7. The number of hydrazine groups is 1. The van der Waals surface area contributed by atoms with Crippen molar-refractivity contribution in [2.75, 3.05) is 20.7 Å². The molecule has 2 bridgehead atoms. The molecule has 0 saturated carbocycles. The third-order valence-corrected chi connectivity index (χ3v) is 10.1. The molecule has 0 spiro atoms. The summed E-state index contributed by atoms with van der Waals surface area (Å²) in [6.07, 6.45) is 8.37. The number of aliphatic hydroxyl groups is 2. The van der Waals surface area contributed by atoms with Gasteiger partial charge in [-0.05, 0) is 68.9 Å². The van der Waals surface area contributed by atoms with Crippen molar-refractivity contribution in [3.8, 4) is 5.75 Å². The summed E-state index contributed by atoms with van der Waals surface area (Å²) >= 11 is 0. The first kappa shape index (κ1) is 47.0. The van der Waals surface area contributed by atoms with Crippen molar-refractivity contribution in [1.29, 1.82) is 0 Å². The number of carbonyl (C=O) groups excluding carboxylic acids is 6. The predicted octanol–water partition coefficient (Wildman–Crippen LogP) is 2.30. The predicted molar refractivity (Wildman–Crippen MR) is 218 cm³/mol. The van der Waals surface area contributed by atoms with Gasteiger partial charge in [0.2, 0.25) is 17.7 Å². The van der Waals surface area contributed by atoms with Crippen molar-refractivity contribution in [3.63, 3.8) is 0 Å². The number of likely N-dealkylation sites (N-methyl/N-ethyl adjacent to an activating group) is 1. The van der Waals surface area contributed by atoms with Crippen LogP contribution in [-0.4, -0.2) is 108 Å². The van der Waals surface area contributed by atoms with Gasteiger partial charge in [0.15, 0.2) is 0 Å². The number of nitrogens with zero attached hydrogens (tertiary/aromatic N) is 1. The Kier molecular flexibility index (Phi) is 18.7. The number of nitrogens with one attached hydrogen (secondary N) is 4. The highest BCUT2D eigenvalue weighted by atomic mass is 16.5. The number of ketones is 1. The first-order valence-corrected chi connectivity index (χ1v) is 19.5. The Morgan fingerprint density at radius 3 is 2.50 bits per heavy atom. The number of hydrogen-bond donors (Lipinski definition) is 6. The average Bonchev–Trinajstić information content (AvgIpc) is 3.20. The molecule has 3 rings (SSSR count). The quantitative estimate of drug-likeness (QED) is 0.0874. The van der Waals surface area contributed by atoms with Gasteiger partial charge in [0, 0.05) is 44.8 Å². The monoisotopic (exact) mass is 805 g/mol. The molecule has 1 unspecified atom stereocenters. The van der Waals surface area contributed by atoms with E-state index in [9.17, 15) is 39.0 Å². The van der Waals surface area contributed by atoms with Gasteiger partial charge in [-0.1, -0.05) is 62.1 Å². The minimum absolute atomic E-state index is 0.0107. The normalized spacial score (nSPS) is 28.2. The number of benzene rings is 1. The summed E-state index contributed by atoms with van der Waals surface area (Å²) in [5.41, 5.74) is 4.51. The Hall–Kier alpha value is -5.38. The highest BCUT2D eigenvalue weighted by Crippen LogP contribution is 2.24. The van der Waals surface area contributed by atoms with E-state index in [1.807, 2.05) is 0 Å². The maximum Gasteiger partial charge on any atom is 0.325 e. The molecule has 1 aromatic rings. The van der Waals surface area contributed by atoms with Crippen LogP contribution in [0.15, 0.2) is 84.5 Å². The van der Waals surface area contributed by atoms with Crippen molar-refractivity contribution in [3.05, 3.63) is 90.1 Å². The van der Waals surface area contributed by atoms with Crippen LogP contribution >= 0.6 is 0 Å². The number of aliphatic hydroxyl groups excluding tert-OH is 2. The second kappa shape index (κ2) is 23.1. The van der Waals surface area contributed by atoms with E-state index in [0.717, 1.165) is 0 Å². The molecular weight excluding hydrogens is 746 g/mol. The molecule has 2 aliphatic rings. The van der Waals surface area contributed by atoms with Crippen LogP contribution in [0.25, 0.3) is 0 Å². The van der Waals surface area contributed by atoms with Crippen LogP contribution in [-0.2, 0) is 39.9 Å². The third-order valence-electron chi connectivity index (χ3n) is 10.1. The van der Waals surface area contributed by atoms with Crippen LogP contribution < -0.4 is 26.1 Å². The van der Waals surface area contributed by atoms with E-state index >= 15 is 0 Å². The first-order chi connectivity index (χ1) is 27.6. The Bertz CT molecular complexity index is 1770. The molecule has 6 N–H and O–H groups in total. The number of carbonyl (C=O) groups is 6. The van der Waals surface area contributed by atoms with Crippen molar-refractivity contribution in [2.24, 2.45) is 11.8 Å². The fourth-order valence-corrected chi connectivity index (χ4v) is 6.50. The maximum atomic E-state index is 14.3. The summed E-state index contributed by atoms with van der Waals surface area (Å²) in [7, 11) is 3.01. The van der Waals surface area contributed by atoms with Gasteiger partial charge in [-0.2, -0.15) is 0 Å². The summed E-state index contributed by atoms with van der Waals surface area (Å²) in [6.45, 7) is 10.3. The molecule has 2 aliphatic heterocycles. The molecule has 0 aliphatic carbocycles. The highest BCUT2D eigenvalue weighted by molar-refractivity contribution is 5.94. The lowest BCUT2D eigenvalue weighted by Gasteiger charge is -2.36. The molecule has 1 aromatic carbocycles. The molecule has 4 amide bonds. The van der Waals surface area contributed by atoms with Crippen molar-refractivity contribution < 1.29 is 48.5 Å². The van der Waals surface area contributed by atoms with Crippen LogP contribution in [0.2, 0.25) is 0 Å². The zero-order chi connectivity index (χ0) is 42.9. The van der Waals surface area contributed by atoms with Crippen LogP contribution in [0.4, 0.5) is 0 Å². The Morgan fingerprint density at radius 2 is 1.83 bits per heavy atom. The number of fused-ring (bicyclic) bond motifs is 2. The Morgan fingerprint density at radius 1 is 1.09 bits per heavy atom. The van der Waals surface area contributed by atoms with E-state index < -0.39 is 72.0 Å². The topological polar surface area (TPSA) is 213 Å². The molecule has 15 nitrogen and oxygen atoms in total. The fraction of sp³-hybridized carbons (Fsp3) is 0.488. The first-order valence-electron chi connectivity index (χ1n) is 19.5. The molecule has 15 heteroatoms. The van der Waals surface area contributed by atoms with Gasteiger partial charge in [-0.25, -0.2) is 5.43 Å². The van der Waals surface area contributed by atoms with Crippen LogP contribution in [0.1, 0.15) is 65.4 Å². The number of Topliss-reactive ketones (excluding diaryl/α,β-unsaturated/α-hetero) is 1. The lowest BCUT2D eigenvalue weighted by Crippen LogP contribution is -2.62. The number of methoxy groups -OCH3 is 1. The number of amides is 4. The lowest BCUT2D eigenvalue weighted by molar-refractivity contribution is -0.156. The number of cyclic esters (lactones) is 1. The molecule has 0 aromatic heterocycles. The highest BCUT2D eigenvalue weighted by Gasteiger charge is 2.38. The third kappa shape index (κ3) is 14.2. The fourth-order valence-electron chi connectivity index (χ4n) is 6.50. The average molecular weight is 806 g/mol. The summed E-state index contributed by atoms with van der Waals surface area (Å²) in [6, 6.07) is 3.52. The zero-order valence-corrected chi connectivity index (χ0v) is 34.2. The minimum atomic E-state index is -1.44.